The van der Waals surface area contributed by atoms with Crippen molar-refractivity contribution < 1.29 is 9.90 Å². The fourth-order valence-electron chi connectivity index (χ4n) is 3.59. The van der Waals surface area contributed by atoms with Crippen molar-refractivity contribution in [2.75, 3.05) is 19.6 Å². The summed E-state index contributed by atoms with van der Waals surface area (Å²) in [6.45, 7) is 6.60. The Balaban J connectivity index is 1.60. The van der Waals surface area contributed by atoms with E-state index in [1.807, 2.05) is 6.92 Å². The number of carbonyl (C=O) groups is 1. The molecule has 0 aromatic rings. The summed E-state index contributed by atoms with van der Waals surface area (Å²) in [6, 6.07) is 1.09. The van der Waals surface area contributed by atoms with E-state index in [4.69, 9.17) is 5.11 Å². The van der Waals surface area contributed by atoms with Crippen molar-refractivity contribution in [1.82, 2.24) is 10.2 Å². The van der Waals surface area contributed by atoms with Gasteiger partial charge in [-0.05, 0) is 50.6 Å². The van der Waals surface area contributed by atoms with Crippen LogP contribution in [-0.2, 0) is 4.79 Å². The summed E-state index contributed by atoms with van der Waals surface area (Å²) in [5.74, 6) is 1.08. The second-order valence-corrected chi connectivity index (χ2v) is 6.81. The van der Waals surface area contributed by atoms with Crippen molar-refractivity contribution in [1.29, 1.82) is 0 Å². The molecule has 0 heterocycles. The molecule has 2 aliphatic carbocycles. The monoisotopic (exact) mass is 282 g/mol. The quantitative estimate of drug-likeness (QED) is 0.752. The van der Waals surface area contributed by atoms with Gasteiger partial charge in [0.05, 0.1) is 6.54 Å². The zero-order valence-electron chi connectivity index (χ0n) is 13.0. The van der Waals surface area contributed by atoms with E-state index >= 15 is 0 Å². The maximum atomic E-state index is 10.8. The van der Waals surface area contributed by atoms with Crippen LogP contribution in [0.4, 0.5) is 0 Å². The summed E-state index contributed by atoms with van der Waals surface area (Å²) in [4.78, 5) is 12.9. The molecule has 2 N–H and O–H groups in total. The first-order chi connectivity index (χ1) is 9.58. The second-order valence-electron chi connectivity index (χ2n) is 6.81. The molecular weight excluding hydrogens is 252 g/mol. The molecule has 0 spiro atoms. The van der Waals surface area contributed by atoms with E-state index in [0.29, 0.717) is 12.1 Å². The van der Waals surface area contributed by atoms with Crippen LogP contribution in [0.2, 0.25) is 0 Å². The number of carboxylic acids is 1. The predicted molar refractivity (Wildman–Crippen MR) is 80.8 cm³/mol. The van der Waals surface area contributed by atoms with E-state index < -0.39 is 5.97 Å². The largest absolute Gasteiger partial charge is 0.480 e. The highest BCUT2D eigenvalue weighted by Crippen LogP contribution is 2.29. The molecule has 2 rings (SSSR count). The molecule has 0 aliphatic heterocycles. The summed E-state index contributed by atoms with van der Waals surface area (Å²) in [5.41, 5.74) is 0. The van der Waals surface area contributed by atoms with Gasteiger partial charge >= 0.3 is 5.97 Å². The first kappa shape index (κ1) is 15.8. The normalized spacial score (nSPS) is 34.0. The number of hydrogen-bond donors (Lipinski definition) is 2. The molecule has 0 radical (unpaired) electrons. The standard InChI is InChI=1S/C16H30N2O2/c1-3-18(11-16(19)20)15-8-14(9-15)17-10-13-6-4-12(2)5-7-13/h12-15,17H,3-11H2,1-2H3,(H,19,20). The van der Waals surface area contributed by atoms with E-state index in [9.17, 15) is 4.79 Å². The molecule has 0 aromatic carbocycles. The second kappa shape index (κ2) is 7.41. The number of nitrogens with zero attached hydrogens (tertiary/aromatic N) is 1. The third kappa shape index (κ3) is 4.45. The Kier molecular flexibility index (Phi) is 5.85. The maximum Gasteiger partial charge on any atom is 0.317 e. The highest BCUT2D eigenvalue weighted by molar-refractivity contribution is 5.69. The average Bonchev–Trinajstić information content (AvgIpc) is 2.37. The minimum Gasteiger partial charge on any atom is -0.480 e. The minimum atomic E-state index is -0.709. The summed E-state index contributed by atoms with van der Waals surface area (Å²) in [6.07, 6.45) is 7.77. The predicted octanol–water partition coefficient (Wildman–Crippen LogP) is 2.34. The Bertz CT molecular complexity index is 308. The summed E-state index contributed by atoms with van der Waals surface area (Å²) in [5, 5.41) is 12.6. The zero-order valence-corrected chi connectivity index (χ0v) is 13.0. The van der Waals surface area contributed by atoms with Crippen LogP contribution >= 0.6 is 0 Å². The highest BCUT2D eigenvalue weighted by Gasteiger charge is 2.33. The topological polar surface area (TPSA) is 52.6 Å². The van der Waals surface area contributed by atoms with E-state index in [1.165, 1.54) is 25.7 Å². The van der Waals surface area contributed by atoms with Crippen molar-refractivity contribution in [3.05, 3.63) is 0 Å². The molecule has 20 heavy (non-hydrogen) atoms. The molecule has 4 heteroatoms. The molecule has 0 aromatic heterocycles. The molecule has 0 atom stereocenters. The van der Waals surface area contributed by atoms with Crippen molar-refractivity contribution in [2.45, 2.75) is 64.5 Å². The lowest BCUT2D eigenvalue weighted by Crippen LogP contribution is -2.54. The lowest BCUT2D eigenvalue weighted by molar-refractivity contribution is -0.139. The van der Waals surface area contributed by atoms with E-state index in [0.717, 1.165) is 37.8 Å². The van der Waals surface area contributed by atoms with Crippen LogP contribution in [0.3, 0.4) is 0 Å². The number of rotatable bonds is 7. The number of likely N-dealkylation sites (N-methyl/N-ethyl adjacent to an activating group) is 1. The van der Waals surface area contributed by atoms with Gasteiger partial charge in [-0.25, -0.2) is 0 Å². The Morgan fingerprint density at radius 1 is 1.25 bits per heavy atom. The molecule has 2 aliphatic rings. The number of nitrogens with one attached hydrogen (secondary N) is 1. The fourth-order valence-corrected chi connectivity index (χ4v) is 3.59. The Hall–Kier alpha value is -0.610. The first-order valence-corrected chi connectivity index (χ1v) is 8.27. The number of aliphatic carboxylic acids is 1. The van der Waals surface area contributed by atoms with Crippen molar-refractivity contribution in [2.24, 2.45) is 11.8 Å². The Labute approximate surface area is 122 Å². The summed E-state index contributed by atoms with van der Waals surface area (Å²) >= 11 is 0. The SMILES string of the molecule is CCN(CC(=O)O)C1CC(NCC2CCC(C)CC2)C1. The van der Waals surface area contributed by atoms with Gasteiger partial charge in [0.15, 0.2) is 0 Å². The van der Waals surface area contributed by atoms with Crippen molar-refractivity contribution >= 4 is 5.97 Å². The smallest absolute Gasteiger partial charge is 0.317 e. The highest BCUT2D eigenvalue weighted by atomic mass is 16.4. The van der Waals surface area contributed by atoms with Crippen molar-refractivity contribution in [3.8, 4) is 0 Å². The lowest BCUT2D eigenvalue weighted by atomic mass is 9.81. The average molecular weight is 282 g/mol. The van der Waals surface area contributed by atoms with E-state index in [-0.39, 0.29) is 6.54 Å². The van der Waals surface area contributed by atoms with Crippen LogP contribution in [0.5, 0.6) is 0 Å². The lowest BCUT2D eigenvalue weighted by Gasteiger charge is -2.43. The van der Waals surface area contributed by atoms with Crippen LogP contribution in [-0.4, -0.2) is 47.7 Å². The van der Waals surface area contributed by atoms with Gasteiger partial charge < -0.3 is 10.4 Å². The van der Waals surface area contributed by atoms with Gasteiger partial charge in [-0.15, -0.1) is 0 Å². The molecule has 0 unspecified atom stereocenters. The molecule has 0 saturated heterocycles. The summed E-state index contributed by atoms with van der Waals surface area (Å²) < 4.78 is 0. The molecule has 0 bridgehead atoms. The molecule has 116 valence electrons. The van der Waals surface area contributed by atoms with Crippen LogP contribution in [0, 0.1) is 11.8 Å². The molecular formula is C16H30N2O2. The Morgan fingerprint density at radius 2 is 1.90 bits per heavy atom. The molecule has 4 nitrogen and oxygen atoms in total. The van der Waals surface area contributed by atoms with E-state index in [2.05, 4.69) is 17.1 Å². The molecule has 2 saturated carbocycles. The fraction of sp³-hybridized carbons (Fsp3) is 0.938. The third-order valence-corrected chi connectivity index (χ3v) is 5.20. The van der Waals surface area contributed by atoms with Gasteiger partial charge in [-0.1, -0.05) is 26.7 Å². The maximum absolute atomic E-state index is 10.8. The molecule has 2 fully saturated rings. The van der Waals surface area contributed by atoms with Crippen molar-refractivity contribution in [3.63, 3.8) is 0 Å². The van der Waals surface area contributed by atoms with E-state index in [1.54, 1.807) is 0 Å². The van der Waals surface area contributed by atoms with Crippen LogP contribution in [0.25, 0.3) is 0 Å². The molecule has 0 amide bonds. The van der Waals surface area contributed by atoms with Gasteiger partial charge in [-0.3, -0.25) is 9.69 Å². The Morgan fingerprint density at radius 3 is 2.45 bits per heavy atom. The number of carboxylic acid groups (broad SMARTS) is 1. The van der Waals surface area contributed by atoms with Gasteiger partial charge in [0.2, 0.25) is 0 Å². The van der Waals surface area contributed by atoms with Gasteiger partial charge in [-0.2, -0.15) is 0 Å². The zero-order chi connectivity index (χ0) is 14.5. The minimum absolute atomic E-state index is 0.189. The van der Waals surface area contributed by atoms with Crippen LogP contribution in [0.15, 0.2) is 0 Å². The number of hydrogen-bond acceptors (Lipinski definition) is 3. The van der Waals surface area contributed by atoms with Crippen LogP contribution < -0.4 is 5.32 Å². The summed E-state index contributed by atoms with van der Waals surface area (Å²) in [7, 11) is 0. The van der Waals surface area contributed by atoms with Gasteiger partial charge in [0.1, 0.15) is 0 Å². The van der Waals surface area contributed by atoms with Gasteiger partial charge in [0.25, 0.3) is 0 Å². The third-order valence-electron chi connectivity index (χ3n) is 5.20. The first-order valence-electron chi connectivity index (χ1n) is 8.27. The van der Waals surface area contributed by atoms with Crippen LogP contribution in [0.1, 0.15) is 52.4 Å². The van der Waals surface area contributed by atoms with Gasteiger partial charge in [0, 0.05) is 12.1 Å².